The van der Waals surface area contributed by atoms with Crippen LogP contribution in [-0.2, 0) is 9.53 Å². The summed E-state index contributed by atoms with van der Waals surface area (Å²) in [6, 6.07) is 0. The quantitative estimate of drug-likeness (QED) is 0.312. The van der Waals surface area contributed by atoms with Crippen LogP contribution in [-0.4, -0.2) is 12.9 Å². The molecular formula is C6H10O2. The van der Waals surface area contributed by atoms with Crippen LogP contribution in [0.1, 0.15) is 13.8 Å². The fourth-order valence-corrected chi connectivity index (χ4v) is 0.243. The van der Waals surface area contributed by atoms with Gasteiger partial charge in [0.15, 0.2) is 0 Å². The molecule has 0 aliphatic carbocycles. The molecule has 0 aromatic carbocycles. The van der Waals surface area contributed by atoms with Crippen molar-refractivity contribution in [2.45, 2.75) is 13.8 Å². The van der Waals surface area contributed by atoms with Crippen molar-refractivity contribution < 1.29 is 9.53 Å². The molecule has 0 unspecified atom stereocenters. The van der Waals surface area contributed by atoms with E-state index in [1.807, 2.05) is 6.92 Å². The van der Waals surface area contributed by atoms with Crippen molar-refractivity contribution in [2.24, 2.45) is 0 Å². The molecule has 2 heteroatoms. The first-order valence-corrected chi connectivity index (χ1v) is 2.54. The number of carbonyl (C=O) groups excluding carboxylic acids is 1. The zero-order chi connectivity index (χ0) is 6.41. The number of allylic oxidation sites excluding steroid dienone is 1. The van der Waals surface area contributed by atoms with Crippen molar-refractivity contribution in [2.75, 3.05) is 6.61 Å². The molecule has 8 heavy (non-hydrogen) atoms. The predicted octanol–water partition coefficient (Wildman–Crippen LogP) is 1.13. The number of aldehydes is 1. The maximum Gasteiger partial charge on any atom is 0.148 e. The van der Waals surface area contributed by atoms with Gasteiger partial charge in [-0.2, -0.15) is 0 Å². The summed E-state index contributed by atoms with van der Waals surface area (Å²) in [7, 11) is 0. The molecule has 0 saturated carbocycles. The standard InChI is InChI=1S/C6H10O2/c1-3-8-5-6(2)4-7/h4-5H,3H2,1-2H3/b6-5+. The number of rotatable bonds is 3. The first-order valence-electron chi connectivity index (χ1n) is 2.54. The number of carbonyl (C=O) groups is 1. The summed E-state index contributed by atoms with van der Waals surface area (Å²) >= 11 is 0. The first-order chi connectivity index (χ1) is 3.81. The van der Waals surface area contributed by atoms with Crippen molar-refractivity contribution in [1.29, 1.82) is 0 Å². The van der Waals surface area contributed by atoms with Gasteiger partial charge in [-0.3, -0.25) is 4.79 Å². The van der Waals surface area contributed by atoms with E-state index in [0.29, 0.717) is 12.2 Å². The van der Waals surface area contributed by atoms with Crippen LogP contribution < -0.4 is 0 Å². The zero-order valence-corrected chi connectivity index (χ0v) is 5.18. The number of hydrogen-bond donors (Lipinski definition) is 0. The minimum absolute atomic E-state index is 0.616. The van der Waals surface area contributed by atoms with E-state index in [0.717, 1.165) is 6.29 Å². The van der Waals surface area contributed by atoms with Gasteiger partial charge in [0.2, 0.25) is 0 Å². The highest BCUT2D eigenvalue weighted by atomic mass is 16.5. The summed E-state index contributed by atoms with van der Waals surface area (Å²) < 4.78 is 4.79. The molecule has 0 aliphatic heterocycles. The molecule has 0 amide bonds. The van der Waals surface area contributed by atoms with E-state index in [2.05, 4.69) is 0 Å². The van der Waals surface area contributed by atoms with Gasteiger partial charge in [-0.1, -0.05) is 0 Å². The Morgan fingerprint density at radius 1 is 1.75 bits per heavy atom. The zero-order valence-electron chi connectivity index (χ0n) is 5.18. The van der Waals surface area contributed by atoms with Crippen LogP contribution in [0.5, 0.6) is 0 Å². The highest BCUT2D eigenvalue weighted by Crippen LogP contribution is 1.85. The molecule has 0 heterocycles. The van der Waals surface area contributed by atoms with E-state index in [-0.39, 0.29) is 0 Å². The molecule has 0 saturated heterocycles. The van der Waals surface area contributed by atoms with Crippen LogP contribution in [0.2, 0.25) is 0 Å². The molecule has 0 bridgehead atoms. The summed E-state index contributed by atoms with van der Waals surface area (Å²) in [6.45, 7) is 4.18. The smallest absolute Gasteiger partial charge is 0.148 e. The van der Waals surface area contributed by atoms with E-state index < -0.39 is 0 Å². The van der Waals surface area contributed by atoms with Gasteiger partial charge < -0.3 is 4.74 Å². The molecule has 0 spiro atoms. The number of ether oxygens (including phenoxy) is 1. The highest BCUT2D eigenvalue weighted by molar-refractivity contribution is 5.71. The third-order valence-electron chi connectivity index (χ3n) is 0.622. The van der Waals surface area contributed by atoms with Crippen molar-refractivity contribution >= 4 is 6.29 Å². The normalized spacial score (nSPS) is 11.0. The lowest BCUT2D eigenvalue weighted by Gasteiger charge is -1.91. The van der Waals surface area contributed by atoms with E-state index in [1.54, 1.807) is 6.92 Å². The topological polar surface area (TPSA) is 26.3 Å². The van der Waals surface area contributed by atoms with Crippen LogP contribution in [0.4, 0.5) is 0 Å². The van der Waals surface area contributed by atoms with Gasteiger partial charge >= 0.3 is 0 Å². The third kappa shape index (κ3) is 3.40. The van der Waals surface area contributed by atoms with Crippen LogP contribution in [0.25, 0.3) is 0 Å². The van der Waals surface area contributed by atoms with Crippen LogP contribution in [0.15, 0.2) is 11.8 Å². The van der Waals surface area contributed by atoms with Gasteiger partial charge in [0.25, 0.3) is 0 Å². The Balaban J connectivity index is 3.40. The summed E-state index contributed by atoms with van der Waals surface area (Å²) in [5.41, 5.74) is 0.617. The van der Waals surface area contributed by atoms with Crippen molar-refractivity contribution in [1.82, 2.24) is 0 Å². The maximum atomic E-state index is 9.86. The van der Waals surface area contributed by atoms with Gasteiger partial charge in [0.1, 0.15) is 6.29 Å². The van der Waals surface area contributed by atoms with Gasteiger partial charge in [-0.15, -0.1) is 0 Å². The summed E-state index contributed by atoms with van der Waals surface area (Å²) in [5, 5.41) is 0. The van der Waals surface area contributed by atoms with Crippen LogP contribution in [0, 0.1) is 0 Å². The molecule has 0 fully saturated rings. The monoisotopic (exact) mass is 114 g/mol. The first kappa shape index (κ1) is 7.21. The van der Waals surface area contributed by atoms with Gasteiger partial charge in [-0.25, -0.2) is 0 Å². The molecule has 46 valence electrons. The minimum Gasteiger partial charge on any atom is -0.501 e. The molecular weight excluding hydrogens is 104 g/mol. The van der Waals surface area contributed by atoms with Crippen molar-refractivity contribution in [3.63, 3.8) is 0 Å². The van der Waals surface area contributed by atoms with Crippen LogP contribution in [0.3, 0.4) is 0 Å². The Kier molecular flexibility index (Phi) is 3.94. The van der Waals surface area contributed by atoms with E-state index in [1.165, 1.54) is 6.26 Å². The second-order valence-corrected chi connectivity index (χ2v) is 1.44. The molecule has 0 N–H and O–H groups in total. The number of hydrogen-bond acceptors (Lipinski definition) is 2. The third-order valence-corrected chi connectivity index (χ3v) is 0.622. The minimum atomic E-state index is 0.616. The lowest BCUT2D eigenvalue weighted by molar-refractivity contribution is -0.105. The largest absolute Gasteiger partial charge is 0.501 e. The lowest BCUT2D eigenvalue weighted by Crippen LogP contribution is -1.81. The van der Waals surface area contributed by atoms with Crippen molar-refractivity contribution in [3.8, 4) is 0 Å². The fourth-order valence-electron chi connectivity index (χ4n) is 0.243. The second kappa shape index (κ2) is 4.37. The summed E-state index contributed by atoms with van der Waals surface area (Å²) in [6.07, 6.45) is 2.21. The Hall–Kier alpha value is -0.790. The molecule has 0 aliphatic rings. The van der Waals surface area contributed by atoms with E-state index >= 15 is 0 Å². The second-order valence-electron chi connectivity index (χ2n) is 1.44. The van der Waals surface area contributed by atoms with Gasteiger partial charge in [0.05, 0.1) is 12.9 Å². The summed E-state index contributed by atoms with van der Waals surface area (Å²) in [4.78, 5) is 9.86. The van der Waals surface area contributed by atoms with Gasteiger partial charge in [0, 0.05) is 5.57 Å². The van der Waals surface area contributed by atoms with Gasteiger partial charge in [-0.05, 0) is 13.8 Å². The molecule has 2 nitrogen and oxygen atoms in total. The molecule has 0 atom stereocenters. The van der Waals surface area contributed by atoms with Crippen molar-refractivity contribution in [3.05, 3.63) is 11.8 Å². The Bertz CT molecular complexity index is 94.7. The fraction of sp³-hybridized carbons (Fsp3) is 0.500. The Morgan fingerprint density at radius 2 is 2.38 bits per heavy atom. The SMILES string of the molecule is CCO/C=C(\C)C=O. The van der Waals surface area contributed by atoms with E-state index in [9.17, 15) is 4.79 Å². The molecule has 0 rings (SSSR count). The predicted molar refractivity (Wildman–Crippen MR) is 31.4 cm³/mol. The Morgan fingerprint density at radius 3 is 2.75 bits per heavy atom. The summed E-state index contributed by atoms with van der Waals surface area (Å²) in [5.74, 6) is 0. The Labute approximate surface area is 49.1 Å². The average Bonchev–Trinajstić information content (AvgIpc) is 1.83. The molecule has 0 aromatic heterocycles. The molecule has 0 aromatic rings. The van der Waals surface area contributed by atoms with Crippen LogP contribution >= 0.6 is 0 Å². The molecule has 0 radical (unpaired) electrons. The van der Waals surface area contributed by atoms with E-state index in [4.69, 9.17) is 4.74 Å². The maximum absolute atomic E-state index is 9.86. The average molecular weight is 114 g/mol. The highest BCUT2D eigenvalue weighted by Gasteiger charge is 1.79. The lowest BCUT2D eigenvalue weighted by atomic mass is 10.4.